The Morgan fingerprint density at radius 1 is 1.17 bits per heavy atom. The van der Waals surface area contributed by atoms with Gasteiger partial charge < -0.3 is 9.26 Å². The van der Waals surface area contributed by atoms with Gasteiger partial charge >= 0.3 is 0 Å². The van der Waals surface area contributed by atoms with E-state index < -0.39 is 0 Å². The summed E-state index contributed by atoms with van der Waals surface area (Å²) in [6.45, 7) is 4.45. The van der Waals surface area contributed by atoms with Crippen LogP contribution in [-0.4, -0.2) is 40.0 Å². The molecule has 0 atom stereocenters. The van der Waals surface area contributed by atoms with Crippen molar-refractivity contribution in [2.45, 2.75) is 58.0 Å². The van der Waals surface area contributed by atoms with Gasteiger partial charge in [-0.3, -0.25) is 0 Å². The fourth-order valence-electron chi connectivity index (χ4n) is 4.17. The van der Waals surface area contributed by atoms with Gasteiger partial charge in [0.25, 0.3) is 0 Å². The molecule has 1 aliphatic carbocycles. The first kappa shape index (κ1) is 18.7. The summed E-state index contributed by atoms with van der Waals surface area (Å²) >= 11 is 0. The summed E-state index contributed by atoms with van der Waals surface area (Å²) < 4.78 is 14.8. The summed E-state index contributed by atoms with van der Waals surface area (Å²) in [5, 5.41) is 25.4. The summed E-state index contributed by atoms with van der Waals surface area (Å²) in [7, 11) is 1.84. The standard InChI is InChI=1S/C20H24N8O2/c1-13-9-16(25-30-13)18-23-22-17-10-15(20(2)7-5-4-6-8-20)19(24-28(17)18)29-12-14-11-21-26-27(14)3/h9-11H,4-8,12H2,1-3H3. The summed E-state index contributed by atoms with van der Waals surface area (Å²) in [6.07, 6.45) is 7.55. The molecule has 0 bridgehead atoms. The summed E-state index contributed by atoms with van der Waals surface area (Å²) in [6, 6.07) is 3.87. The lowest BCUT2D eigenvalue weighted by Gasteiger charge is -2.34. The molecule has 0 N–H and O–H groups in total. The summed E-state index contributed by atoms with van der Waals surface area (Å²) in [5.74, 6) is 1.80. The van der Waals surface area contributed by atoms with Gasteiger partial charge in [0.15, 0.2) is 11.3 Å². The van der Waals surface area contributed by atoms with E-state index in [-0.39, 0.29) is 5.41 Å². The van der Waals surface area contributed by atoms with Crippen LogP contribution in [0.25, 0.3) is 17.2 Å². The third kappa shape index (κ3) is 3.21. The van der Waals surface area contributed by atoms with E-state index >= 15 is 0 Å². The fraction of sp³-hybridized carbons (Fsp3) is 0.500. The highest BCUT2D eigenvalue weighted by molar-refractivity contribution is 5.56. The molecule has 4 heterocycles. The van der Waals surface area contributed by atoms with Crippen molar-refractivity contribution in [1.82, 2.24) is 40.0 Å². The minimum Gasteiger partial charge on any atom is -0.470 e. The van der Waals surface area contributed by atoms with Crippen molar-refractivity contribution in [2.24, 2.45) is 7.05 Å². The molecule has 0 aliphatic heterocycles. The number of ether oxygens (including phenoxy) is 1. The van der Waals surface area contributed by atoms with Crippen molar-refractivity contribution >= 4 is 5.65 Å². The number of hydrogen-bond donors (Lipinski definition) is 0. The molecule has 1 saturated carbocycles. The van der Waals surface area contributed by atoms with Crippen LogP contribution in [0.5, 0.6) is 5.88 Å². The minimum atomic E-state index is -0.0103. The fourth-order valence-corrected chi connectivity index (χ4v) is 4.17. The van der Waals surface area contributed by atoms with Crippen LogP contribution >= 0.6 is 0 Å². The Balaban J connectivity index is 1.60. The number of aromatic nitrogens is 8. The molecule has 156 valence electrons. The second-order valence-corrected chi connectivity index (χ2v) is 8.24. The Labute approximate surface area is 173 Å². The van der Waals surface area contributed by atoms with Gasteiger partial charge in [0.05, 0.1) is 11.9 Å². The van der Waals surface area contributed by atoms with E-state index in [1.807, 2.05) is 20.0 Å². The average Bonchev–Trinajstić information content (AvgIpc) is 3.46. The van der Waals surface area contributed by atoms with Crippen molar-refractivity contribution in [3.8, 4) is 17.4 Å². The number of hydrogen-bond acceptors (Lipinski definition) is 8. The second-order valence-electron chi connectivity index (χ2n) is 8.24. The quantitative estimate of drug-likeness (QED) is 0.496. The van der Waals surface area contributed by atoms with Gasteiger partial charge in [0, 0.05) is 18.7 Å². The zero-order valence-electron chi connectivity index (χ0n) is 17.4. The van der Waals surface area contributed by atoms with Crippen molar-refractivity contribution < 1.29 is 9.26 Å². The summed E-state index contributed by atoms with van der Waals surface area (Å²) in [5.41, 5.74) is 3.18. The van der Waals surface area contributed by atoms with E-state index in [4.69, 9.17) is 14.4 Å². The monoisotopic (exact) mass is 408 g/mol. The Morgan fingerprint density at radius 2 is 2.00 bits per heavy atom. The molecule has 30 heavy (non-hydrogen) atoms. The highest BCUT2D eigenvalue weighted by Crippen LogP contribution is 2.43. The Bertz CT molecular complexity index is 1180. The molecule has 5 rings (SSSR count). The second kappa shape index (κ2) is 7.19. The molecule has 0 unspecified atom stereocenters. The van der Waals surface area contributed by atoms with Gasteiger partial charge in [-0.2, -0.15) is 4.52 Å². The molecule has 0 radical (unpaired) electrons. The number of rotatable bonds is 5. The van der Waals surface area contributed by atoms with Crippen molar-refractivity contribution in [1.29, 1.82) is 0 Å². The average molecular weight is 408 g/mol. The van der Waals surface area contributed by atoms with Gasteiger partial charge in [-0.15, -0.1) is 20.4 Å². The number of nitrogens with zero attached hydrogens (tertiary/aromatic N) is 8. The number of fused-ring (bicyclic) bond motifs is 1. The van der Waals surface area contributed by atoms with E-state index in [1.54, 1.807) is 15.4 Å². The third-order valence-electron chi connectivity index (χ3n) is 5.99. The molecule has 4 aromatic heterocycles. The highest BCUT2D eigenvalue weighted by atomic mass is 16.5. The maximum atomic E-state index is 6.22. The molecule has 4 aromatic rings. The van der Waals surface area contributed by atoms with Crippen LogP contribution in [0, 0.1) is 6.92 Å². The highest BCUT2D eigenvalue weighted by Gasteiger charge is 2.33. The van der Waals surface area contributed by atoms with Gasteiger partial charge in [-0.1, -0.05) is 36.6 Å². The lowest BCUT2D eigenvalue weighted by atomic mass is 9.71. The van der Waals surface area contributed by atoms with Crippen molar-refractivity contribution in [3.05, 3.63) is 35.3 Å². The first-order valence-electron chi connectivity index (χ1n) is 10.2. The van der Waals surface area contributed by atoms with Crippen LogP contribution in [0.15, 0.2) is 22.9 Å². The van der Waals surface area contributed by atoms with Crippen LogP contribution in [0.4, 0.5) is 0 Å². The zero-order chi connectivity index (χ0) is 20.7. The maximum absolute atomic E-state index is 6.22. The molecular weight excluding hydrogens is 384 g/mol. The van der Waals surface area contributed by atoms with Crippen molar-refractivity contribution in [3.63, 3.8) is 0 Å². The van der Waals surface area contributed by atoms with E-state index in [0.717, 1.165) is 24.1 Å². The van der Waals surface area contributed by atoms with Gasteiger partial charge in [-0.05, 0) is 31.2 Å². The van der Waals surface area contributed by atoms with E-state index in [1.165, 1.54) is 19.3 Å². The van der Waals surface area contributed by atoms with Gasteiger partial charge in [-0.25, -0.2) is 4.68 Å². The van der Waals surface area contributed by atoms with E-state index in [0.29, 0.717) is 35.4 Å². The Hall–Kier alpha value is -3.30. The van der Waals surface area contributed by atoms with E-state index in [9.17, 15) is 0 Å². The molecule has 10 heteroatoms. The first-order chi connectivity index (χ1) is 14.5. The van der Waals surface area contributed by atoms with Crippen LogP contribution in [0.1, 0.15) is 56.0 Å². The lowest BCUT2D eigenvalue weighted by molar-refractivity contribution is 0.253. The molecular formula is C20H24N8O2. The predicted molar refractivity (Wildman–Crippen MR) is 107 cm³/mol. The van der Waals surface area contributed by atoms with Gasteiger partial charge in [0.2, 0.25) is 11.7 Å². The zero-order valence-corrected chi connectivity index (χ0v) is 17.4. The van der Waals surface area contributed by atoms with Gasteiger partial charge in [0.1, 0.15) is 12.4 Å². The first-order valence-corrected chi connectivity index (χ1v) is 10.2. The lowest BCUT2D eigenvalue weighted by Crippen LogP contribution is -2.27. The maximum Gasteiger partial charge on any atom is 0.236 e. The molecule has 0 aromatic carbocycles. The molecule has 0 saturated heterocycles. The smallest absolute Gasteiger partial charge is 0.236 e. The number of aryl methyl sites for hydroxylation is 2. The SMILES string of the molecule is Cc1cc(-c2nnc3cc(C4(C)CCCCC4)c(OCc4cnnn4C)nn23)no1. The predicted octanol–water partition coefficient (Wildman–Crippen LogP) is 3.02. The molecule has 0 spiro atoms. The van der Waals surface area contributed by atoms with E-state index in [2.05, 4.69) is 38.7 Å². The van der Waals surface area contributed by atoms with Crippen LogP contribution in [0.2, 0.25) is 0 Å². The van der Waals surface area contributed by atoms with Crippen molar-refractivity contribution in [2.75, 3.05) is 0 Å². The largest absolute Gasteiger partial charge is 0.470 e. The Kier molecular flexibility index (Phi) is 4.48. The Morgan fingerprint density at radius 3 is 2.70 bits per heavy atom. The van der Waals surface area contributed by atoms with Crippen LogP contribution in [-0.2, 0) is 19.1 Å². The topological polar surface area (TPSA) is 109 Å². The molecule has 0 amide bonds. The molecule has 10 nitrogen and oxygen atoms in total. The molecule has 1 fully saturated rings. The third-order valence-corrected chi connectivity index (χ3v) is 5.99. The molecule has 1 aliphatic rings. The normalized spacial score (nSPS) is 16.2. The van der Waals surface area contributed by atoms with Crippen LogP contribution < -0.4 is 4.74 Å². The van der Waals surface area contributed by atoms with Crippen LogP contribution in [0.3, 0.4) is 0 Å². The summed E-state index contributed by atoms with van der Waals surface area (Å²) in [4.78, 5) is 0. The minimum absolute atomic E-state index is 0.0103.